The van der Waals surface area contributed by atoms with Gasteiger partial charge in [-0.3, -0.25) is 0 Å². The van der Waals surface area contributed by atoms with Crippen LogP contribution in [0.2, 0.25) is 0 Å². The fourth-order valence-electron chi connectivity index (χ4n) is 1.60. The van der Waals surface area contributed by atoms with Gasteiger partial charge in [0.25, 0.3) is 0 Å². The maximum atomic E-state index is 5.45. The Hall–Kier alpha value is -0.450. The Morgan fingerprint density at radius 2 is 2.12 bits per heavy atom. The summed E-state index contributed by atoms with van der Waals surface area (Å²) in [6.45, 7) is 6.17. The van der Waals surface area contributed by atoms with Crippen LogP contribution in [0.4, 0.5) is 0 Å². The maximum Gasteiger partial charge on any atom is 0.109 e. The summed E-state index contributed by atoms with van der Waals surface area (Å²) in [7, 11) is 0. The molecule has 0 amide bonds. The fraction of sp³-hybridized carbons (Fsp3) is 0.750. The second-order valence-electron chi connectivity index (χ2n) is 4.19. The Morgan fingerprint density at radius 1 is 1.38 bits per heavy atom. The molecule has 1 atom stereocenters. The van der Waals surface area contributed by atoms with Crippen molar-refractivity contribution >= 4 is 11.3 Å². The molecule has 0 fully saturated rings. The summed E-state index contributed by atoms with van der Waals surface area (Å²) in [5, 5.41) is 4.70. The van der Waals surface area contributed by atoms with Crippen LogP contribution in [0.5, 0.6) is 0 Å². The van der Waals surface area contributed by atoms with Gasteiger partial charge >= 0.3 is 0 Å². The zero-order valence-corrected chi connectivity index (χ0v) is 11.1. The molecule has 0 spiro atoms. The number of thiazole rings is 1. The Morgan fingerprint density at radius 3 is 2.75 bits per heavy atom. The monoisotopic (exact) mass is 241 g/mol. The number of nitrogens with zero attached hydrogens (tertiary/aromatic N) is 1. The Labute approximate surface area is 102 Å². The van der Waals surface area contributed by atoms with Gasteiger partial charge in [-0.1, -0.05) is 12.8 Å². The predicted molar refractivity (Wildman–Crippen MR) is 70.8 cm³/mol. The van der Waals surface area contributed by atoms with Crippen molar-refractivity contribution in [3.05, 3.63) is 16.1 Å². The molecule has 0 aliphatic rings. The first-order chi connectivity index (χ1) is 7.74. The summed E-state index contributed by atoms with van der Waals surface area (Å²) < 4.78 is 0. The second kappa shape index (κ2) is 7.76. The first-order valence-corrected chi connectivity index (χ1v) is 6.91. The molecule has 0 aromatic carbocycles. The molecule has 4 heteroatoms. The lowest BCUT2D eigenvalue weighted by Crippen LogP contribution is -2.19. The van der Waals surface area contributed by atoms with Gasteiger partial charge in [0.05, 0.1) is 6.04 Å². The molecular weight excluding hydrogens is 218 g/mol. The maximum absolute atomic E-state index is 5.45. The van der Waals surface area contributed by atoms with Crippen LogP contribution in [0, 0.1) is 6.92 Å². The molecule has 0 saturated heterocycles. The lowest BCUT2D eigenvalue weighted by Gasteiger charge is -2.10. The van der Waals surface area contributed by atoms with Gasteiger partial charge in [0, 0.05) is 11.1 Å². The molecule has 92 valence electrons. The summed E-state index contributed by atoms with van der Waals surface area (Å²) in [5.74, 6) is 0. The number of rotatable bonds is 8. The summed E-state index contributed by atoms with van der Waals surface area (Å²) in [4.78, 5) is 5.67. The van der Waals surface area contributed by atoms with Gasteiger partial charge in [0.2, 0.25) is 0 Å². The summed E-state index contributed by atoms with van der Waals surface area (Å²) in [5.41, 5.74) is 5.45. The van der Waals surface area contributed by atoms with Crippen LogP contribution in [0.1, 0.15) is 48.5 Å². The summed E-state index contributed by atoms with van der Waals surface area (Å²) in [6.07, 6.45) is 6.85. The van der Waals surface area contributed by atoms with Gasteiger partial charge < -0.3 is 11.1 Å². The smallest absolute Gasteiger partial charge is 0.109 e. The van der Waals surface area contributed by atoms with Crippen molar-refractivity contribution in [1.82, 2.24) is 10.3 Å². The molecule has 1 unspecified atom stereocenters. The van der Waals surface area contributed by atoms with Crippen LogP contribution in [0.25, 0.3) is 0 Å². The van der Waals surface area contributed by atoms with E-state index in [4.69, 9.17) is 5.73 Å². The average molecular weight is 241 g/mol. The minimum atomic E-state index is 0.383. The first-order valence-electron chi connectivity index (χ1n) is 6.10. The van der Waals surface area contributed by atoms with Gasteiger partial charge in [-0.15, -0.1) is 11.3 Å². The Bertz CT molecular complexity index is 286. The molecule has 3 nitrogen and oxygen atoms in total. The van der Waals surface area contributed by atoms with Gasteiger partial charge in [-0.05, 0) is 39.8 Å². The predicted octanol–water partition coefficient (Wildman–Crippen LogP) is 2.62. The highest BCUT2D eigenvalue weighted by atomic mass is 32.1. The van der Waals surface area contributed by atoms with E-state index in [9.17, 15) is 0 Å². The zero-order chi connectivity index (χ0) is 11.8. The molecule has 0 bridgehead atoms. The molecule has 1 heterocycles. The molecule has 1 aromatic heterocycles. The van der Waals surface area contributed by atoms with E-state index < -0.39 is 0 Å². The number of nitrogens with one attached hydrogen (secondary N) is 1. The standard InChI is InChI=1S/C12H23N3S/c1-10-9-15-12(16-10)11(2)14-8-6-4-3-5-7-13/h9,11,14H,3-8,13H2,1-2H3. The van der Waals surface area contributed by atoms with Crippen LogP contribution >= 0.6 is 11.3 Å². The normalized spacial score (nSPS) is 12.9. The van der Waals surface area contributed by atoms with Crippen LogP contribution < -0.4 is 11.1 Å². The second-order valence-corrected chi connectivity index (χ2v) is 5.45. The van der Waals surface area contributed by atoms with Crippen LogP contribution in [-0.4, -0.2) is 18.1 Å². The molecule has 1 aromatic rings. The molecule has 16 heavy (non-hydrogen) atoms. The Balaban J connectivity index is 2.09. The van der Waals surface area contributed by atoms with Gasteiger partial charge in [0.15, 0.2) is 0 Å². The van der Waals surface area contributed by atoms with E-state index in [1.165, 1.54) is 29.1 Å². The molecular formula is C12H23N3S. The van der Waals surface area contributed by atoms with Crippen LogP contribution in [0.3, 0.4) is 0 Å². The minimum absolute atomic E-state index is 0.383. The van der Waals surface area contributed by atoms with Gasteiger partial charge in [0.1, 0.15) is 5.01 Å². The number of hydrogen-bond donors (Lipinski definition) is 2. The van der Waals surface area contributed by atoms with Gasteiger partial charge in [-0.25, -0.2) is 4.98 Å². The molecule has 0 saturated carbocycles. The SMILES string of the molecule is Cc1cnc(C(C)NCCCCCCN)s1. The topological polar surface area (TPSA) is 50.9 Å². The number of hydrogen-bond acceptors (Lipinski definition) is 4. The fourth-order valence-corrected chi connectivity index (χ4v) is 2.40. The van der Waals surface area contributed by atoms with Crippen LogP contribution in [-0.2, 0) is 0 Å². The zero-order valence-electron chi connectivity index (χ0n) is 10.3. The summed E-state index contributed by atoms with van der Waals surface area (Å²) >= 11 is 1.78. The first kappa shape index (κ1) is 13.6. The van der Waals surface area contributed by atoms with Gasteiger partial charge in [-0.2, -0.15) is 0 Å². The number of nitrogens with two attached hydrogens (primary N) is 1. The minimum Gasteiger partial charge on any atom is -0.330 e. The Kier molecular flexibility index (Phi) is 6.61. The third kappa shape index (κ3) is 5.05. The molecule has 0 aliphatic heterocycles. The van der Waals surface area contributed by atoms with Crippen molar-refractivity contribution in [3.8, 4) is 0 Å². The van der Waals surface area contributed by atoms with E-state index in [0.29, 0.717) is 6.04 Å². The van der Waals surface area contributed by atoms with Crippen LogP contribution in [0.15, 0.2) is 6.20 Å². The van der Waals surface area contributed by atoms with E-state index in [-0.39, 0.29) is 0 Å². The molecule has 1 rings (SSSR count). The largest absolute Gasteiger partial charge is 0.330 e. The third-order valence-corrected chi connectivity index (χ3v) is 3.69. The average Bonchev–Trinajstić information content (AvgIpc) is 2.70. The highest BCUT2D eigenvalue weighted by molar-refractivity contribution is 7.11. The van der Waals surface area contributed by atoms with E-state index in [1.807, 2.05) is 6.20 Å². The van der Waals surface area contributed by atoms with Crippen molar-refractivity contribution in [2.24, 2.45) is 5.73 Å². The van der Waals surface area contributed by atoms with Crippen molar-refractivity contribution in [1.29, 1.82) is 0 Å². The number of aryl methyl sites for hydroxylation is 1. The van der Waals surface area contributed by atoms with E-state index in [0.717, 1.165) is 19.5 Å². The molecule has 0 radical (unpaired) electrons. The highest BCUT2D eigenvalue weighted by Crippen LogP contribution is 2.18. The van der Waals surface area contributed by atoms with Crippen molar-refractivity contribution in [3.63, 3.8) is 0 Å². The molecule has 3 N–H and O–H groups in total. The lowest BCUT2D eigenvalue weighted by molar-refractivity contribution is 0.532. The number of aromatic nitrogens is 1. The summed E-state index contributed by atoms with van der Waals surface area (Å²) in [6, 6.07) is 0.383. The van der Waals surface area contributed by atoms with E-state index >= 15 is 0 Å². The van der Waals surface area contributed by atoms with Crippen molar-refractivity contribution < 1.29 is 0 Å². The number of unbranched alkanes of at least 4 members (excludes halogenated alkanes) is 3. The van der Waals surface area contributed by atoms with Crippen molar-refractivity contribution in [2.75, 3.05) is 13.1 Å². The highest BCUT2D eigenvalue weighted by Gasteiger charge is 2.07. The van der Waals surface area contributed by atoms with Crippen molar-refractivity contribution in [2.45, 2.75) is 45.6 Å². The quantitative estimate of drug-likeness (QED) is 0.688. The van der Waals surface area contributed by atoms with E-state index in [2.05, 4.69) is 24.1 Å². The molecule has 0 aliphatic carbocycles. The third-order valence-electron chi connectivity index (χ3n) is 2.59. The lowest BCUT2D eigenvalue weighted by atomic mass is 10.2. The van der Waals surface area contributed by atoms with E-state index in [1.54, 1.807) is 11.3 Å².